The summed E-state index contributed by atoms with van der Waals surface area (Å²) in [7, 11) is -1.44. The molecule has 1 aromatic carbocycles. The van der Waals surface area contributed by atoms with E-state index in [4.69, 9.17) is 48.6 Å². The van der Waals surface area contributed by atoms with Crippen LogP contribution in [0.2, 0.25) is 0 Å². The molecule has 2 N–H and O–H groups in total. The van der Waals surface area contributed by atoms with E-state index in [-0.39, 0.29) is 5.70 Å². The molecule has 2 aliphatic rings. The number of ether oxygens (including phenoxy) is 1. The number of carbonyl (C=O) groups excluding carboxylic acids is 3. The van der Waals surface area contributed by atoms with Gasteiger partial charge in [-0.15, -0.1) is 11.8 Å². The van der Waals surface area contributed by atoms with Crippen LogP contribution in [0.3, 0.4) is 0 Å². The van der Waals surface area contributed by atoms with Gasteiger partial charge in [-0.1, -0.05) is 65.1 Å². The van der Waals surface area contributed by atoms with Crippen molar-refractivity contribution in [3.05, 3.63) is 47.2 Å². The molecule has 0 bridgehead atoms. The monoisotopic (exact) mass is 585 g/mol. The molecule has 2 amide bonds. The Hall–Kier alpha value is -1.30. The van der Waals surface area contributed by atoms with E-state index in [1.54, 1.807) is 37.3 Å². The number of rotatable bonds is 9. The molecule has 1 saturated heterocycles. The predicted octanol–water partition coefficient (Wildman–Crippen LogP) is 3.31. The molecular formula is C20H23Cl3N3O7PS. The predicted molar refractivity (Wildman–Crippen MR) is 133 cm³/mol. The number of nitrogens with zero attached hydrogens (tertiary/aromatic N) is 1. The number of amides is 2. The van der Waals surface area contributed by atoms with Gasteiger partial charge in [-0.05, 0) is 18.1 Å². The third-order valence-corrected chi connectivity index (χ3v) is 8.47. The van der Waals surface area contributed by atoms with Crippen molar-refractivity contribution < 1.29 is 32.7 Å². The number of hydrogen-bond donors (Lipinski definition) is 2. The summed E-state index contributed by atoms with van der Waals surface area (Å²) >= 11 is 18.3. The van der Waals surface area contributed by atoms with Crippen molar-refractivity contribution in [3.63, 3.8) is 0 Å². The van der Waals surface area contributed by atoms with Crippen LogP contribution < -0.4 is 10.4 Å². The largest absolute Gasteiger partial charge is 0.456 e. The third kappa shape index (κ3) is 6.53. The van der Waals surface area contributed by atoms with Gasteiger partial charge in [-0.3, -0.25) is 14.5 Å². The Morgan fingerprint density at radius 1 is 1.23 bits per heavy atom. The summed E-state index contributed by atoms with van der Waals surface area (Å²) in [5.41, 5.74) is 1.15. The molecule has 0 spiro atoms. The van der Waals surface area contributed by atoms with Gasteiger partial charge in [0.1, 0.15) is 29.8 Å². The number of β-lactam (4-membered cyclic amide) rings is 1. The summed E-state index contributed by atoms with van der Waals surface area (Å²) in [5.74, 6) is -1.52. The molecule has 15 heteroatoms. The maximum atomic E-state index is 13.2. The van der Waals surface area contributed by atoms with Gasteiger partial charge in [-0.2, -0.15) is 0 Å². The summed E-state index contributed by atoms with van der Waals surface area (Å²) in [6.45, 7) is 1.20. The Kier molecular flexibility index (Phi) is 9.21. The number of esters is 1. The van der Waals surface area contributed by atoms with Crippen molar-refractivity contribution >= 4 is 72.1 Å². The van der Waals surface area contributed by atoms with E-state index >= 15 is 0 Å². The lowest BCUT2D eigenvalue weighted by Crippen LogP contribution is -2.71. The third-order valence-electron chi connectivity index (χ3n) is 5.18. The van der Waals surface area contributed by atoms with Crippen molar-refractivity contribution in [2.75, 3.05) is 26.6 Å². The summed E-state index contributed by atoms with van der Waals surface area (Å²) in [6.07, 6.45) is 0. The van der Waals surface area contributed by atoms with Gasteiger partial charge < -0.3 is 19.1 Å². The van der Waals surface area contributed by atoms with Crippen LogP contribution in [0.15, 0.2) is 41.6 Å². The van der Waals surface area contributed by atoms with Gasteiger partial charge in [0, 0.05) is 20.0 Å². The minimum Gasteiger partial charge on any atom is -0.456 e. The average molecular weight is 587 g/mol. The lowest BCUT2D eigenvalue weighted by molar-refractivity contribution is -0.153. The van der Waals surface area contributed by atoms with Gasteiger partial charge in [0.2, 0.25) is 9.70 Å². The van der Waals surface area contributed by atoms with Crippen molar-refractivity contribution in [1.82, 2.24) is 15.3 Å². The highest BCUT2D eigenvalue weighted by atomic mass is 35.6. The van der Waals surface area contributed by atoms with Crippen molar-refractivity contribution in [1.29, 1.82) is 0 Å². The maximum Gasteiger partial charge on any atom is 0.405 e. The molecule has 10 nitrogen and oxygen atoms in total. The Morgan fingerprint density at radius 3 is 2.43 bits per heavy atom. The molecule has 0 aromatic heterocycles. The fraction of sp³-hybridized carbons (Fsp3) is 0.450. The molecule has 0 aliphatic carbocycles. The van der Waals surface area contributed by atoms with Crippen LogP contribution in [-0.4, -0.2) is 64.5 Å². The molecule has 2 unspecified atom stereocenters. The van der Waals surface area contributed by atoms with Crippen molar-refractivity contribution in [2.24, 2.45) is 0 Å². The quantitative estimate of drug-likeness (QED) is 0.194. The number of halogens is 3. The molecule has 2 heterocycles. The second-order valence-corrected chi connectivity index (χ2v) is 13.2. The van der Waals surface area contributed by atoms with Crippen molar-refractivity contribution in [2.45, 2.75) is 28.2 Å². The first kappa shape index (κ1) is 28.3. The van der Waals surface area contributed by atoms with Crippen molar-refractivity contribution in [3.8, 4) is 0 Å². The molecule has 1 fully saturated rings. The number of carbonyl (C=O) groups is 3. The highest BCUT2D eigenvalue weighted by Gasteiger charge is 2.54. The first-order chi connectivity index (χ1) is 16.4. The minimum atomic E-state index is -3.80. The van der Waals surface area contributed by atoms with Gasteiger partial charge in [-0.25, -0.2) is 14.4 Å². The van der Waals surface area contributed by atoms with E-state index in [1.807, 2.05) is 0 Å². The summed E-state index contributed by atoms with van der Waals surface area (Å²) < 4.78 is 25.8. The zero-order chi connectivity index (χ0) is 26.0. The standard InChI is InChI=1S/C20H23Cl3N3O7PS/c1-11-9-35-18-14(17(28)26(18)15(11)19(29)33-10-20(21,22)23)24-16(27)13(12-7-5-4-6-8-12)25-34(30,31-2)32-3/h4-8,13-14,18H,9-10H2,1-3H3,(H,24,27)(H,25,30)/t13?,14?,18-/m0/s1. The molecule has 35 heavy (non-hydrogen) atoms. The van der Waals surface area contributed by atoms with Gasteiger partial charge in [0.25, 0.3) is 5.91 Å². The number of nitrogens with one attached hydrogen (secondary N) is 2. The van der Waals surface area contributed by atoms with E-state index in [1.165, 1.54) is 30.9 Å². The van der Waals surface area contributed by atoms with E-state index < -0.39 is 53.4 Å². The molecule has 2 aliphatic heterocycles. The van der Waals surface area contributed by atoms with E-state index in [2.05, 4.69) is 10.4 Å². The molecule has 192 valence electrons. The van der Waals surface area contributed by atoms with E-state index in [0.29, 0.717) is 16.9 Å². The van der Waals surface area contributed by atoms with Gasteiger partial charge in [0.15, 0.2) is 0 Å². The van der Waals surface area contributed by atoms with Crippen LogP contribution >= 0.6 is 54.3 Å². The zero-order valence-electron chi connectivity index (χ0n) is 18.8. The molecule has 3 atom stereocenters. The Bertz CT molecular complexity index is 1060. The topological polar surface area (TPSA) is 123 Å². The van der Waals surface area contributed by atoms with Crippen LogP contribution in [0.4, 0.5) is 0 Å². The zero-order valence-corrected chi connectivity index (χ0v) is 22.8. The number of hydrogen-bond acceptors (Lipinski definition) is 8. The molecule has 3 rings (SSSR count). The Balaban J connectivity index is 1.77. The number of fused-ring (bicyclic) bond motifs is 1. The summed E-state index contributed by atoms with van der Waals surface area (Å²) in [5, 5.41) is 4.72. The Morgan fingerprint density at radius 2 is 1.86 bits per heavy atom. The van der Waals surface area contributed by atoms with Crippen LogP contribution in [0.25, 0.3) is 0 Å². The smallest absolute Gasteiger partial charge is 0.405 e. The van der Waals surface area contributed by atoms with Gasteiger partial charge >= 0.3 is 13.7 Å². The van der Waals surface area contributed by atoms with Crippen LogP contribution in [0, 0.1) is 0 Å². The highest BCUT2D eigenvalue weighted by Crippen LogP contribution is 2.45. The van der Waals surface area contributed by atoms with E-state index in [0.717, 1.165) is 0 Å². The normalized spacial score (nSPS) is 21.2. The molecule has 1 aromatic rings. The van der Waals surface area contributed by atoms with Crippen LogP contribution in [0.1, 0.15) is 18.5 Å². The summed E-state index contributed by atoms with van der Waals surface area (Å²) in [4.78, 5) is 40.1. The molecule has 0 saturated carbocycles. The minimum absolute atomic E-state index is 0.0551. The molecular weight excluding hydrogens is 564 g/mol. The van der Waals surface area contributed by atoms with Crippen LogP contribution in [-0.2, 0) is 32.7 Å². The van der Waals surface area contributed by atoms with Crippen LogP contribution in [0.5, 0.6) is 0 Å². The lowest BCUT2D eigenvalue weighted by Gasteiger charge is -2.49. The summed E-state index contributed by atoms with van der Waals surface area (Å²) in [6, 6.07) is 6.39. The maximum absolute atomic E-state index is 13.2. The lowest BCUT2D eigenvalue weighted by atomic mass is 10.0. The SMILES string of the molecule is COP(=O)(NC(C(=O)NC1C(=O)N2C(C(=O)OCC(Cl)(Cl)Cl)=C(C)CS[C@@H]12)c1ccccc1)OC. The fourth-order valence-corrected chi connectivity index (χ4v) is 5.88. The number of thioether (sulfide) groups is 1. The molecule has 0 radical (unpaired) electrons. The Labute approximate surface area is 221 Å². The number of alkyl halides is 3. The highest BCUT2D eigenvalue weighted by molar-refractivity contribution is 8.00. The average Bonchev–Trinajstić information content (AvgIpc) is 2.84. The second kappa shape index (κ2) is 11.4. The first-order valence-electron chi connectivity index (χ1n) is 10.1. The first-order valence-corrected chi connectivity index (χ1v) is 13.9. The second-order valence-electron chi connectivity index (χ2n) is 7.55. The fourth-order valence-electron chi connectivity index (χ4n) is 3.48. The number of benzene rings is 1. The van der Waals surface area contributed by atoms with Gasteiger partial charge in [0.05, 0.1) is 0 Å². The van der Waals surface area contributed by atoms with E-state index in [9.17, 15) is 18.9 Å².